The Hall–Kier alpha value is -1.83. The first-order valence-electron chi connectivity index (χ1n) is 8.31. The normalized spacial score (nSPS) is 13.9. The molecule has 1 aromatic carbocycles. The van der Waals surface area contributed by atoms with E-state index in [1.54, 1.807) is 6.20 Å². The summed E-state index contributed by atoms with van der Waals surface area (Å²) in [6, 6.07) is 10.1. The number of benzene rings is 1. The Bertz CT molecular complexity index is 706. The van der Waals surface area contributed by atoms with E-state index in [1.165, 1.54) is 24.0 Å². The van der Waals surface area contributed by atoms with Crippen LogP contribution < -0.4 is 15.8 Å². The molecule has 1 aromatic heterocycles. The molecule has 0 bridgehead atoms. The molecule has 1 aliphatic carbocycles. The van der Waals surface area contributed by atoms with E-state index in [-0.39, 0.29) is 24.0 Å². The summed E-state index contributed by atoms with van der Waals surface area (Å²) in [6.07, 6.45) is 4.34. The lowest BCUT2D eigenvalue weighted by Crippen LogP contribution is -2.22. The predicted molar refractivity (Wildman–Crippen MR) is 113 cm³/mol. The fraction of sp³-hybridized carbons (Fsp3) is 0.368. The van der Waals surface area contributed by atoms with Crippen molar-refractivity contribution in [3.63, 3.8) is 0 Å². The fourth-order valence-corrected chi connectivity index (χ4v) is 2.49. The molecule has 0 atom stereocenters. The molecule has 0 radical (unpaired) electrons. The Balaban J connectivity index is 0.00000225. The number of hydrogen-bond donors (Lipinski definition) is 2. The Morgan fingerprint density at radius 1 is 1.24 bits per heavy atom. The van der Waals surface area contributed by atoms with Gasteiger partial charge >= 0.3 is 0 Å². The number of nitrogens with one attached hydrogen (secondary N) is 1. The third-order valence-corrected chi connectivity index (χ3v) is 3.89. The first-order chi connectivity index (χ1) is 11.6. The first kappa shape index (κ1) is 19.5. The first-order valence-corrected chi connectivity index (χ1v) is 8.31. The highest BCUT2D eigenvalue weighted by Gasteiger charge is 2.21. The van der Waals surface area contributed by atoms with Gasteiger partial charge in [0, 0.05) is 18.0 Å². The number of rotatable bonds is 6. The molecule has 0 aliphatic heterocycles. The van der Waals surface area contributed by atoms with Gasteiger partial charge in [0.15, 0.2) is 5.96 Å². The number of aliphatic imine (C=N–C) groups is 1. The molecule has 1 heterocycles. The van der Waals surface area contributed by atoms with Gasteiger partial charge < -0.3 is 15.8 Å². The van der Waals surface area contributed by atoms with Gasteiger partial charge in [-0.05, 0) is 61.4 Å². The van der Waals surface area contributed by atoms with Gasteiger partial charge in [0.05, 0.1) is 13.2 Å². The van der Waals surface area contributed by atoms with Crippen molar-refractivity contribution in [3.05, 3.63) is 53.2 Å². The Morgan fingerprint density at radius 2 is 1.96 bits per heavy atom. The van der Waals surface area contributed by atoms with Crippen molar-refractivity contribution in [2.45, 2.75) is 33.2 Å². The molecule has 1 fully saturated rings. The minimum atomic E-state index is 0. The van der Waals surface area contributed by atoms with Crippen LogP contribution in [0.5, 0.6) is 5.88 Å². The lowest BCUT2D eigenvalue weighted by Gasteiger charge is -2.08. The van der Waals surface area contributed by atoms with E-state index >= 15 is 0 Å². The summed E-state index contributed by atoms with van der Waals surface area (Å²) in [5.41, 5.74) is 10.3. The van der Waals surface area contributed by atoms with Gasteiger partial charge in [0.25, 0.3) is 0 Å². The number of guanidine groups is 1. The van der Waals surface area contributed by atoms with Gasteiger partial charge in [-0.1, -0.05) is 12.1 Å². The van der Waals surface area contributed by atoms with Gasteiger partial charge in [-0.15, -0.1) is 24.0 Å². The Morgan fingerprint density at radius 3 is 2.56 bits per heavy atom. The predicted octanol–water partition coefficient (Wildman–Crippen LogP) is 4.03. The number of pyridine rings is 1. The van der Waals surface area contributed by atoms with Crippen LogP contribution in [-0.4, -0.2) is 17.6 Å². The summed E-state index contributed by atoms with van der Waals surface area (Å²) in [6.45, 7) is 5.38. The van der Waals surface area contributed by atoms with Gasteiger partial charge in [0.2, 0.25) is 5.88 Å². The van der Waals surface area contributed by atoms with Crippen molar-refractivity contribution in [2.75, 3.05) is 11.9 Å². The minimum Gasteiger partial charge on any atom is -0.477 e. The molecule has 0 amide bonds. The number of aryl methyl sites for hydroxylation is 2. The third kappa shape index (κ3) is 6.53. The lowest BCUT2D eigenvalue weighted by atomic mass is 10.1. The molecule has 25 heavy (non-hydrogen) atoms. The van der Waals surface area contributed by atoms with Crippen molar-refractivity contribution >= 4 is 35.6 Å². The van der Waals surface area contributed by atoms with Gasteiger partial charge in [0.1, 0.15) is 0 Å². The van der Waals surface area contributed by atoms with E-state index in [9.17, 15) is 0 Å². The van der Waals surface area contributed by atoms with E-state index < -0.39 is 0 Å². The minimum absolute atomic E-state index is 0. The SMILES string of the molecule is Cc1cc(C)cc(NC(N)=NCc2ccc(OCC3CC3)nc2)c1.I. The molecule has 0 unspecified atom stereocenters. The second-order valence-corrected chi connectivity index (χ2v) is 6.46. The molecule has 134 valence electrons. The van der Waals surface area contributed by atoms with Crippen molar-refractivity contribution in [2.24, 2.45) is 16.6 Å². The maximum atomic E-state index is 5.97. The summed E-state index contributed by atoms with van der Waals surface area (Å²) in [7, 11) is 0. The highest BCUT2D eigenvalue weighted by molar-refractivity contribution is 14.0. The summed E-state index contributed by atoms with van der Waals surface area (Å²) in [4.78, 5) is 8.68. The number of hydrogen-bond acceptors (Lipinski definition) is 3. The standard InChI is InChI=1S/C19H24N4O.HI/c1-13-7-14(2)9-17(8-13)23-19(20)22-11-16-5-6-18(21-10-16)24-12-15-3-4-15;/h5-10,15H,3-4,11-12H2,1-2H3,(H3,20,22,23);1H. The average molecular weight is 452 g/mol. The molecule has 0 spiro atoms. The molecule has 3 N–H and O–H groups in total. The van der Waals surface area contributed by atoms with Gasteiger partial charge in [-0.3, -0.25) is 0 Å². The van der Waals surface area contributed by atoms with Crippen LogP contribution in [0.15, 0.2) is 41.5 Å². The number of aromatic nitrogens is 1. The fourth-order valence-electron chi connectivity index (χ4n) is 2.49. The van der Waals surface area contributed by atoms with E-state index in [0.29, 0.717) is 18.4 Å². The van der Waals surface area contributed by atoms with E-state index in [1.807, 2.05) is 24.3 Å². The van der Waals surface area contributed by atoms with Crippen molar-refractivity contribution in [1.29, 1.82) is 0 Å². The van der Waals surface area contributed by atoms with Crippen LogP contribution in [0.2, 0.25) is 0 Å². The van der Waals surface area contributed by atoms with E-state index in [2.05, 4.69) is 35.2 Å². The molecule has 5 nitrogen and oxygen atoms in total. The molecule has 2 aromatic rings. The molecule has 0 saturated heterocycles. The number of nitrogens with two attached hydrogens (primary N) is 1. The number of ether oxygens (including phenoxy) is 1. The van der Waals surface area contributed by atoms with Crippen LogP contribution in [0.25, 0.3) is 0 Å². The smallest absolute Gasteiger partial charge is 0.213 e. The summed E-state index contributed by atoms with van der Waals surface area (Å²) in [5, 5.41) is 3.13. The maximum absolute atomic E-state index is 5.97. The zero-order chi connectivity index (χ0) is 16.9. The Kier molecular flexibility index (Phi) is 7.04. The highest BCUT2D eigenvalue weighted by atomic mass is 127. The van der Waals surface area contributed by atoms with E-state index in [0.717, 1.165) is 23.8 Å². The van der Waals surface area contributed by atoms with Crippen LogP contribution in [0.1, 0.15) is 29.5 Å². The zero-order valence-corrected chi connectivity index (χ0v) is 17.0. The van der Waals surface area contributed by atoms with Crippen LogP contribution in [0, 0.1) is 19.8 Å². The van der Waals surface area contributed by atoms with Crippen LogP contribution >= 0.6 is 24.0 Å². The number of halogens is 1. The quantitative estimate of drug-likeness (QED) is 0.395. The Labute approximate surface area is 166 Å². The van der Waals surface area contributed by atoms with E-state index in [4.69, 9.17) is 10.5 Å². The van der Waals surface area contributed by atoms with Gasteiger partial charge in [-0.2, -0.15) is 0 Å². The van der Waals surface area contributed by atoms with Crippen LogP contribution in [0.4, 0.5) is 5.69 Å². The summed E-state index contributed by atoms with van der Waals surface area (Å²) < 4.78 is 5.63. The molecular weight excluding hydrogens is 427 g/mol. The average Bonchev–Trinajstić information content (AvgIpc) is 3.35. The third-order valence-electron chi connectivity index (χ3n) is 3.89. The molecule has 6 heteroatoms. The molecule has 3 rings (SSSR count). The number of nitrogens with zero attached hydrogens (tertiary/aromatic N) is 2. The topological polar surface area (TPSA) is 72.5 Å². The highest BCUT2D eigenvalue weighted by Crippen LogP contribution is 2.29. The monoisotopic (exact) mass is 452 g/mol. The second kappa shape index (κ2) is 9.03. The lowest BCUT2D eigenvalue weighted by molar-refractivity contribution is 0.288. The maximum Gasteiger partial charge on any atom is 0.213 e. The summed E-state index contributed by atoms with van der Waals surface area (Å²) >= 11 is 0. The molecule has 1 saturated carbocycles. The largest absolute Gasteiger partial charge is 0.477 e. The van der Waals surface area contributed by atoms with Crippen LogP contribution in [-0.2, 0) is 6.54 Å². The van der Waals surface area contributed by atoms with Crippen molar-refractivity contribution < 1.29 is 4.74 Å². The van der Waals surface area contributed by atoms with Gasteiger partial charge in [-0.25, -0.2) is 9.98 Å². The molecule has 1 aliphatic rings. The summed E-state index contributed by atoms with van der Waals surface area (Å²) in [5.74, 6) is 1.80. The van der Waals surface area contributed by atoms with Crippen molar-refractivity contribution in [3.8, 4) is 5.88 Å². The van der Waals surface area contributed by atoms with Crippen LogP contribution in [0.3, 0.4) is 0 Å². The number of anilines is 1. The van der Waals surface area contributed by atoms with Crippen molar-refractivity contribution in [1.82, 2.24) is 4.98 Å². The zero-order valence-electron chi connectivity index (χ0n) is 14.7. The second-order valence-electron chi connectivity index (χ2n) is 6.46. The molecular formula is C19H25IN4O.